The fourth-order valence-corrected chi connectivity index (χ4v) is 2.15. The molecule has 2 rings (SSSR count). The second kappa shape index (κ2) is 6.35. The first-order valence-corrected chi connectivity index (χ1v) is 6.96. The van der Waals surface area contributed by atoms with Gasteiger partial charge in [0.1, 0.15) is 11.6 Å². The summed E-state index contributed by atoms with van der Waals surface area (Å²) in [5, 5.41) is 7.40. The number of hydrogen-bond donors (Lipinski definition) is 2. The summed E-state index contributed by atoms with van der Waals surface area (Å²) < 4.78 is 0. The zero-order chi connectivity index (χ0) is 14.7. The van der Waals surface area contributed by atoms with Crippen LogP contribution in [0.5, 0.6) is 0 Å². The molecule has 2 aromatic rings. The number of rotatable bonds is 2. The molecule has 104 valence electrons. The summed E-state index contributed by atoms with van der Waals surface area (Å²) in [5.74, 6) is 1.33. The summed E-state index contributed by atoms with van der Waals surface area (Å²) >= 11 is 17.0. The number of nitrogens with zero attached hydrogens (tertiary/aromatic N) is 2. The predicted octanol–water partition coefficient (Wildman–Crippen LogP) is 4.21. The summed E-state index contributed by atoms with van der Waals surface area (Å²) in [4.78, 5) is 8.45. The lowest BCUT2D eigenvalue weighted by Crippen LogP contribution is -2.20. The van der Waals surface area contributed by atoms with Gasteiger partial charge < -0.3 is 10.6 Å². The van der Waals surface area contributed by atoms with Crippen LogP contribution in [-0.2, 0) is 0 Å². The molecule has 0 spiro atoms. The maximum absolute atomic E-state index is 5.94. The van der Waals surface area contributed by atoms with Gasteiger partial charge in [-0.05, 0) is 44.3 Å². The van der Waals surface area contributed by atoms with E-state index in [9.17, 15) is 0 Å². The van der Waals surface area contributed by atoms with Gasteiger partial charge in [-0.3, -0.25) is 0 Å². The summed E-state index contributed by atoms with van der Waals surface area (Å²) in [5.41, 5.74) is 1.62. The zero-order valence-electron chi connectivity index (χ0n) is 10.9. The fraction of sp³-hybridized carbons (Fsp3) is 0.154. The molecule has 0 amide bonds. The summed E-state index contributed by atoms with van der Waals surface area (Å²) in [7, 11) is 0. The number of thiocarbonyl (C=S) groups is 1. The van der Waals surface area contributed by atoms with Crippen molar-refractivity contribution >= 4 is 52.0 Å². The lowest BCUT2D eigenvalue weighted by molar-refractivity contribution is 1.02. The Morgan fingerprint density at radius 2 is 1.80 bits per heavy atom. The molecule has 1 aromatic carbocycles. The Bertz CT molecular complexity index is 641. The number of aryl methyl sites for hydroxylation is 2. The van der Waals surface area contributed by atoms with Crippen LogP contribution in [0.15, 0.2) is 24.3 Å². The third-order valence-corrected chi connectivity index (χ3v) is 3.33. The first kappa shape index (κ1) is 15.0. The van der Waals surface area contributed by atoms with Crippen molar-refractivity contribution < 1.29 is 0 Å². The molecule has 4 nitrogen and oxygen atoms in total. The van der Waals surface area contributed by atoms with Crippen LogP contribution < -0.4 is 10.6 Å². The van der Waals surface area contributed by atoms with Crippen LogP contribution in [0.4, 0.5) is 11.5 Å². The van der Waals surface area contributed by atoms with Crippen LogP contribution in [0.3, 0.4) is 0 Å². The SMILES string of the molecule is Cc1cc(NC(=S)Nc2ccc(Cl)c(Cl)c2)nc(C)n1. The van der Waals surface area contributed by atoms with E-state index in [0.717, 1.165) is 11.4 Å². The number of anilines is 2. The molecule has 0 unspecified atom stereocenters. The van der Waals surface area contributed by atoms with Gasteiger partial charge in [0, 0.05) is 17.4 Å². The molecule has 0 saturated heterocycles. The van der Waals surface area contributed by atoms with E-state index in [2.05, 4.69) is 20.6 Å². The lowest BCUT2D eigenvalue weighted by atomic mass is 10.3. The summed E-state index contributed by atoms with van der Waals surface area (Å²) in [6, 6.07) is 7.01. The Morgan fingerprint density at radius 3 is 2.45 bits per heavy atom. The Hall–Kier alpha value is -1.43. The molecular formula is C13H12Cl2N4S. The van der Waals surface area contributed by atoms with Crippen molar-refractivity contribution in [2.45, 2.75) is 13.8 Å². The van der Waals surface area contributed by atoms with Gasteiger partial charge in [0.15, 0.2) is 5.11 Å². The average molecular weight is 327 g/mol. The van der Waals surface area contributed by atoms with E-state index in [1.165, 1.54) is 0 Å². The average Bonchev–Trinajstić information content (AvgIpc) is 2.32. The molecule has 0 radical (unpaired) electrons. The smallest absolute Gasteiger partial charge is 0.176 e. The second-order valence-electron chi connectivity index (χ2n) is 4.15. The van der Waals surface area contributed by atoms with Gasteiger partial charge in [0.05, 0.1) is 10.0 Å². The third kappa shape index (κ3) is 4.03. The van der Waals surface area contributed by atoms with Gasteiger partial charge >= 0.3 is 0 Å². The largest absolute Gasteiger partial charge is 0.332 e. The van der Waals surface area contributed by atoms with Gasteiger partial charge in [-0.2, -0.15) is 0 Å². The number of hydrogen-bond acceptors (Lipinski definition) is 3. The molecule has 1 aromatic heterocycles. The van der Waals surface area contributed by atoms with E-state index in [-0.39, 0.29) is 0 Å². The van der Waals surface area contributed by atoms with Gasteiger partial charge in [-0.25, -0.2) is 9.97 Å². The maximum Gasteiger partial charge on any atom is 0.176 e. The number of halogens is 2. The molecular weight excluding hydrogens is 315 g/mol. The monoisotopic (exact) mass is 326 g/mol. The second-order valence-corrected chi connectivity index (χ2v) is 5.37. The van der Waals surface area contributed by atoms with Crippen molar-refractivity contribution in [2.75, 3.05) is 10.6 Å². The molecule has 0 aliphatic rings. The molecule has 0 aliphatic heterocycles. The van der Waals surface area contributed by atoms with Crippen LogP contribution in [0.1, 0.15) is 11.5 Å². The zero-order valence-corrected chi connectivity index (χ0v) is 13.2. The van der Waals surface area contributed by atoms with Crippen molar-refractivity contribution in [1.29, 1.82) is 0 Å². The topological polar surface area (TPSA) is 49.8 Å². The maximum atomic E-state index is 5.94. The third-order valence-electron chi connectivity index (χ3n) is 2.39. The highest BCUT2D eigenvalue weighted by Crippen LogP contribution is 2.25. The first-order valence-electron chi connectivity index (χ1n) is 5.79. The van der Waals surface area contributed by atoms with Gasteiger partial charge in [-0.1, -0.05) is 23.2 Å². The Balaban J connectivity index is 2.06. The van der Waals surface area contributed by atoms with Crippen molar-refractivity contribution in [3.63, 3.8) is 0 Å². The summed E-state index contributed by atoms with van der Waals surface area (Å²) in [6.07, 6.45) is 0. The van der Waals surface area contributed by atoms with Crippen LogP contribution in [0.25, 0.3) is 0 Å². The van der Waals surface area contributed by atoms with Crippen LogP contribution in [-0.4, -0.2) is 15.1 Å². The fourth-order valence-electron chi connectivity index (χ4n) is 1.63. The molecule has 0 saturated carbocycles. The van der Waals surface area contributed by atoms with E-state index in [1.54, 1.807) is 18.2 Å². The van der Waals surface area contributed by atoms with Crippen LogP contribution in [0, 0.1) is 13.8 Å². The highest BCUT2D eigenvalue weighted by Gasteiger charge is 2.04. The molecule has 0 aliphatic carbocycles. The van der Waals surface area contributed by atoms with Crippen molar-refractivity contribution in [3.05, 3.63) is 45.8 Å². The predicted molar refractivity (Wildman–Crippen MR) is 87.8 cm³/mol. The number of aromatic nitrogens is 2. The van der Waals surface area contributed by atoms with Crippen LogP contribution in [0.2, 0.25) is 10.0 Å². The quantitative estimate of drug-likeness (QED) is 0.809. The van der Waals surface area contributed by atoms with Crippen molar-refractivity contribution in [2.24, 2.45) is 0 Å². The minimum Gasteiger partial charge on any atom is -0.332 e. The molecule has 0 atom stereocenters. The van der Waals surface area contributed by atoms with E-state index in [4.69, 9.17) is 35.4 Å². The molecule has 2 N–H and O–H groups in total. The minimum atomic E-state index is 0.417. The van der Waals surface area contributed by atoms with Crippen LogP contribution >= 0.6 is 35.4 Å². The van der Waals surface area contributed by atoms with Gasteiger partial charge in [0.25, 0.3) is 0 Å². The standard InChI is InChI=1S/C13H12Cl2N4S/c1-7-5-12(17-8(2)16-7)19-13(20)18-9-3-4-10(14)11(15)6-9/h3-6H,1-2H3,(H2,16,17,18,19,20). The normalized spacial score (nSPS) is 10.2. The molecule has 0 bridgehead atoms. The lowest BCUT2D eigenvalue weighted by Gasteiger charge is -2.11. The molecule has 20 heavy (non-hydrogen) atoms. The first-order chi connectivity index (χ1) is 9.44. The van der Waals surface area contributed by atoms with Gasteiger partial charge in [0.2, 0.25) is 0 Å². The van der Waals surface area contributed by atoms with Gasteiger partial charge in [-0.15, -0.1) is 0 Å². The number of nitrogens with one attached hydrogen (secondary N) is 2. The highest BCUT2D eigenvalue weighted by molar-refractivity contribution is 7.80. The Morgan fingerprint density at radius 1 is 1.05 bits per heavy atom. The van der Waals surface area contributed by atoms with E-state index >= 15 is 0 Å². The Labute approximate surface area is 132 Å². The van der Waals surface area contributed by atoms with Crippen molar-refractivity contribution in [3.8, 4) is 0 Å². The molecule has 1 heterocycles. The van der Waals surface area contributed by atoms with E-state index < -0.39 is 0 Å². The number of benzene rings is 1. The highest BCUT2D eigenvalue weighted by atomic mass is 35.5. The van der Waals surface area contributed by atoms with E-state index in [1.807, 2.05) is 19.9 Å². The van der Waals surface area contributed by atoms with E-state index in [0.29, 0.717) is 26.8 Å². The van der Waals surface area contributed by atoms with Crippen molar-refractivity contribution in [1.82, 2.24) is 9.97 Å². The molecule has 0 fully saturated rings. The Kier molecular flexibility index (Phi) is 4.75. The minimum absolute atomic E-state index is 0.417. The molecule has 7 heteroatoms. The summed E-state index contributed by atoms with van der Waals surface area (Å²) in [6.45, 7) is 3.73.